The van der Waals surface area contributed by atoms with Crippen molar-refractivity contribution in [2.45, 2.75) is 0 Å². The van der Waals surface area contributed by atoms with E-state index in [1.807, 2.05) is 0 Å². The molecule has 4 rings (SSSR count). The van der Waals surface area contributed by atoms with Crippen molar-refractivity contribution in [1.82, 2.24) is 20.3 Å². The number of carbonyl (C=O) groups is 1. The summed E-state index contributed by atoms with van der Waals surface area (Å²) in [6, 6.07) is 5.85. The second-order valence-electron chi connectivity index (χ2n) is 6.35. The fourth-order valence-electron chi connectivity index (χ4n) is 2.99. The van der Waals surface area contributed by atoms with Crippen molar-refractivity contribution in [3.05, 3.63) is 59.3 Å². The molecule has 2 aromatic heterocycles. The van der Waals surface area contributed by atoms with E-state index in [4.69, 9.17) is 21.1 Å². The van der Waals surface area contributed by atoms with E-state index in [0.29, 0.717) is 41.0 Å². The SMILES string of the molecule is COCCNC(=O)c1cnccc1N1COc2cnc(-c3cc(Cl)ccc3F)nc21. The van der Waals surface area contributed by atoms with E-state index in [1.54, 1.807) is 24.3 Å². The van der Waals surface area contributed by atoms with Gasteiger partial charge in [0, 0.05) is 31.1 Å². The number of hydrogen-bond acceptors (Lipinski definition) is 7. The molecule has 154 valence electrons. The summed E-state index contributed by atoms with van der Waals surface area (Å²) in [5, 5.41) is 3.14. The molecule has 1 aliphatic rings. The first-order valence-electron chi connectivity index (χ1n) is 9.02. The molecule has 0 atom stereocenters. The standard InChI is InChI=1S/C20H17ClFN5O3/c1-29-7-6-24-20(28)14-9-23-5-4-16(14)27-11-30-17-10-25-18(26-19(17)27)13-8-12(21)2-3-15(13)22/h2-5,8-10H,6-7,11H2,1H3,(H,24,28). The lowest BCUT2D eigenvalue weighted by Crippen LogP contribution is -2.29. The first-order valence-corrected chi connectivity index (χ1v) is 9.40. The molecular formula is C20H17ClFN5O3. The smallest absolute Gasteiger partial charge is 0.255 e. The number of pyridine rings is 1. The summed E-state index contributed by atoms with van der Waals surface area (Å²) in [5.41, 5.74) is 1.07. The Labute approximate surface area is 176 Å². The first kappa shape index (κ1) is 20.0. The minimum atomic E-state index is -0.494. The van der Waals surface area contributed by atoms with Crippen molar-refractivity contribution in [2.75, 3.05) is 31.9 Å². The quantitative estimate of drug-likeness (QED) is 0.602. The summed E-state index contributed by atoms with van der Waals surface area (Å²) in [7, 11) is 1.56. The minimum Gasteiger partial charge on any atom is -0.467 e. The average molecular weight is 430 g/mol. The molecule has 0 fully saturated rings. The summed E-state index contributed by atoms with van der Waals surface area (Å²) >= 11 is 6.00. The van der Waals surface area contributed by atoms with Crippen molar-refractivity contribution < 1.29 is 18.7 Å². The molecule has 10 heteroatoms. The Hall–Kier alpha value is -3.30. The van der Waals surface area contributed by atoms with Crippen molar-refractivity contribution in [1.29, 1.82) is 0 Å². The molecule has 0 saturated heterocycles. The molecule has 30 heavy (non-hydrogen) atoms. The number of fused-ring (bicyclic) bond motifs is 1. The van der Waals surface area contributed by atoms with Gasteiger partial charge in [-0.15, -0.1) is 0 Å². The van der Waals surface area contributed by atoms with Crippen LogP contribution in [0.15, 0.2) is 42.9 Å². The number of rotatable bonds is 6. The van der Waals surface area contributed by atoms with Crippen molar-refractivity contribution in [2.24, 2.45) is 0 Å². The third-order valence-electron chi connectivity index (χ3n) is 4.44. The predicted octanol–water partition coefficient (Wildman–Crippen LogP) is 3.20. The molecule has 3 aromatic rings. The molecule has 0 saturated carbocycles. The van der Waals surface area contributed by atoms with Crippen LogP contribution in [0, 0.1) is 5.82 Å². The highest BCUT2D eigenvalue weighted by atomic mass is 35.5. The molecule has 0 unspecified atom stereocenters. The first-order chi connectivity index (χ1) is 14.6. The van der Waals surface area contributed by atoms with Gasteiger partial charge in [0.2, 0.25) is 0 Å². The van der Waals surface area contributed by atoms with Crippen LogP contribution in [0.4, 0.5) is 15.9 Å². The van der Waals surface area contributed by atoms with Gasteiger partial charge in [0.05, 0.1) is 29.6 Å². The lowest BCUT2D eigenvalue weighted by molar-refractivity contribution is 0.0937. The largest absolute Gasteiger partial charge is 0.467 e. The minimum absolute atomic E-state index is 0.119. The Bertz CT molecular complexity index is 1100. The number of halogens is 2. The number of carbonyl (C=O) groups excluding carboxylic acids is 1. The topological polar surface area (TPSA) is 89.5 Å². The summed E-state index contributed by atoms with van der Waals surface area (Å²) in [4.78, 5) is 27.0. The maximum absolute atomic E-state index is 14.3. The van der Waals surface area contributed by atoms with Gasteiger partial charge in [0.25, 0.3) is 5.91 Å². The number of benzene rings is 1. The molecular weight excluding hydrogens is 413 g/mol. The lowest BCUT2D eigenvalue weighted by atomic mass is 10.2. The number of hydrogen-bond donors (Lipinski definition) is 1. The van der Waals surface area contributed by atoms with Crippen LogP contribution in [-0.2, 0) is 4.74 Å². The van der Waals surface area contributed by atoms with Gasteiger partial charge in [-0.1, -0.05) is 11.6 Å². The fraction of sp³-hybridized carbons (Fsp3) is 0.200. The van der Waals surface area contributed by atoms with Gasteiger partial charge in [-0.05, 0) is 24.3 Å². The third kappa shape index (κ3) is 3.89. The van der Waals surface area contributed by atoms with Gasteiger partial charge in [-0.2, -0.15) is 0 Å². The molecule has 0 aliphatic carbocycles. The summed E-state index contributed by atoms with van der Waals surface area (Å²) in [6.07, 6.45) is 4.50. The number of methoxy groups -OCH3 is 1. The van der Waals surface area contributed by atoms with Crippen molar-refractivity contribution >= 4 is 29.0 Å². The van der Waals surface area contributed by atoms with Crippen LogP contribution in [0.5, 0.6) is 5.75 Å². The molecule has 0 bridgehead atoms. The average Bonchev–Trinajstić information content (AvgIpc) is 3.18. The van der Waals surface area contributed by atoms with Crippen molar-refractivity contribution in [3.8, 4) is 17.1 Å². The zero-order valence-corrected chi connectivity index (χ0v) is 16.7. The lowest BCUT2D eigenvalue weighted by Gasteiger charge is -2.19. The molecule has 3 heterocycles. The summed E-state index contributed by atoms with van der Waals surface area (Å²) in [5.74, 6) is 0.190. The zero-order chi connectivity index (χ0) is 21.1. The highest BCUT2D eigenvalue weighted by Gasteiger charge is 2.28. The third-order valence-corrected chi connectivity index (χ3v) is 4.67. The van der Waals surface area contributed by atoms with E-state index < -0.39 is 5.82 Å². The maximum Gasteiger partial charge on any atom is 0.255 e. The summed E-state index contributed by atoms with van der Waals surface area (Å²) < 4.78 is 24.9. The van der Waals surface area contributed by atoms with E-state index in [9.17, 15) is 9.18 Å². The van der Waals surface area contributed by atoms with Crippen LogP contribution in [-0.4, -0.2) is 47.9 Å². The van der Waals surface area contributed by atoms with Crippen LogP contribution in [0.2, 0.25) is 5.02 Å². The Kier molecular flexibility index (Phi) is 5.73. The van der Waals surface area contributed by atoms with Crippen LogP contribution in [0.25, 0.3) is 11.4 Å². The molecule has 1 aromatic carbocycles. The molecule has 0 radical (unpaired) electrons. The molecule has 1 amide bonds. The Morgan fingerprint density at radius 3 is 3.07 bits per heavy atom. The van der Waals surface area contributed by atoms with Gasteiger partial charge >= 0.3 is 0 Å². The van der Waals surface area contributed by atoms with Gasteiger partial charge < -0.3 is 14.8 Å². The fourth-order valence-corrected chi connectivity index (χ4v) is 3.17. The number of anilines is 2. The maximum atomic E-state index is 14.3. The van der Waals surface area contributed by atoms with E-state index >= 15 is 0 Å². The van der Waals surface area contributed by atoms with Gasteiger partial charge in [-0.25, -0.2) is 14.4 Å². The normalized spacial score (nSPS) is 12.4. The molecule has 0 spiro atoms. The van der Waals surface area contributed by atoms with Crippen LogP contribution >= 0.6 is 11.6 Å². The van der Waals surface area contributed by atoms with E-state index in [0.717, 1.165) is 0 Å². The monoisotopic (exact) mass is 429 g/mol. The van der Waals surface area contributed by atoms with Crippen LogP contribution in [0.1, 0.15) is 10.4 Å². The highest BCUT2D eigenvalue weighted by Crippen LogP contribution is 2.39. The number of nitrogens with zero attached hydrogens (tertiary/aromatic N) is 4. The number of ether oxygens (including phenoxy) is 2. The van der Waals surface area contributed by atoms with Gasteiger partial charge in [-0.3, -0.25) is 14.7 Å². The summed E-state index contributed by atoms with van der Waals surface area (Å²) in [6.45, 7) is 0.865. The van der Waals surface area contributed by atoms with Gasteiger partial charge in [0.1, 0.15) is 5.82 Å². The highest BCUT2D eigenvalue weighted by molar-refractivity contribution is 6.30. The van der Waals surface area contributed by atoms with E-state index in [1.165, 1.54) is 30.6 Å². The second kappa shape index (κ2) is 8.60. The number of nitrogens with one attached hydrogen (secondary N) is 1. The second-order valence-corrected chi connectivity index (χ2v) is 6.79. The molecule has 1 aliphatic heterocycles. The Morgan fingerprint density at radius 2 is 2.23 bits per heavy atom. The van der Waals surface area contributed by atoms with E-state index in [-0.39, 0.29) is 24.0 Å². The predicted molar refractivity (Wildman–Crippen MR) is 109 cm³/mol. The van der Waals surface area contributed by atoms with Crippen molar-refractivity contribution in [3.63, 3.8) is 0 Å². The Morgan fingerprint density at radius 1 is 1.37 bits per heavy atom. The Balaban J connectivity index is 1.70. The number of aromatic nitrogens is 3. The van der Waals surface area contributed by atoms with Gasteiger partial charge in [0.15, 0.2) is 24.1 Å². The number of amides is 1. The molecule has 1 N–H and O–H groups in total. The zero-order valence-electron chi connectivity index (χ0n) is 15.9. The molecule has 8 nitrogen and oxygen atoms in total. The van der Waals surface area contributed by atoms with Crippen LogP contribution in [0.3, 0.4) is 0 Å². The van der Waals surface area contributed by atoms with E-state index in [2.05, 4.69) is 20.3 Å². The van der Waals surface area contributed by atoms with Crippen LogP contribution < -0.4 is 15.0 Å².